The molecule has 2 rings (SSSR count). The van der Waals surface area contributed by atoms with Gasteiger partial charge in [-0.1, -0.05) is 0 Å². The van der Waals surface area contributed by atoms with Gasteiger partial charge in [0.15, 0.2) is 0 Å². The van der Waals surface area contributed by atoms with Crippen molar-refractivity contribution in [3.8, 4) is 0 Å². The third kappa shape index (κ3) is 2.34. The predicted molar refractivity (Wildman–Crippen MR) is 55.8 cm³/mol. The van der Waals surface area contributed by atoms with Crippen LogP contribution < -0.4 is 16.2 Å². The zero-order chi connectivity index (χ0) is 10.7. The SMILES string of the molecule is NCc1cc(=O)[nH]c(N2CCOCC2)n1. The molecule has 1 saturated heterocycles. The van der Waals surface area contributed by atoms with E-state index < -0.39 is 0 Å². The average molecular weight is 210 g/mol. The van der Waals surface area contributed by atoms with Gasteiger partial charge in [0.25, 0.3) is 5.56 Å². The molecule has 2 heterocycles. The van der Waals surface area contributed by atoms with Crippen LogP contribution in [-0.2, 0) is 11.3 Å². The van der Waals surface area contributed by atoms with E-state index in [1.807, 2.05) is 4.90 Å². The van der Waals surface area contributed by atoms with Crippen LogP contribution in [-0.4, -0.2) is 36.3 Å². The number of hydrogen-bond donors (Lipinski definition) is 2. The van der Waals surface area contributed by atoms with E-state index in [-0.39, 0.29) is 12.1 Å². The first-order valence-electron chi connectivity index (χ1n) is 4.92. The second-order valence-corrected chi connectivity index (χ2v) is 3.36. The molecule has 0 aromatic carbocycles. The lowest BCUT2D eigenvalue weighted by Gasteiger charge is -2.27. The van der Waals surface area contributed by atoms with Crippen molar-refractivity contribution in [3.05, 3.63) is 22.1 Å². The Bertz CT molecular complexity index is 384. The van der Waals surface area contributed by atoms with Crippen molar-refractivity contribution in [1.82, 2.24) is 9.97 Å². The highest BCUT2D eigenvalue weighted by Crippen LogP contribution is 2.07. The highest BCUT2D eigenvalue weighted by molar-refractivity contribution is 5.30. The zero-order valence-corrected chi connectivity index (χ0v) is 8.40. The van der Waals surface area contributed by atoms with Crippen LogP contribution in [0.5, 0.6) is 0 Å². The maximum atomic E-state index is 11.3. The van der Waals surface area contributed by atoms with Crippen molar-refractivity contribution in [2.24, 2.45) is 5.73 Å². The highest BCUT2D eigenvalue weighted by Gasteiger charge is 2.13. The lowest BCUT2D eigenvalue weighted by Crippen LogP contribution is -2.38. The maximum Gasteiger partial charge on any atom is 0.252 e. The Balaban J connectivity index is 2.26. The van der Waals surface area contributed by atoms with Gasteiger partial charge < -0.3 is 15.4 Å². The van der Waals surface area contributed by atoms with Gasteiger partial charge in [0.05, 0.1) is 18.9 Å². The number of nitrogens with zero attached hydrogens (tertiary/aromatic N) is 2. The van der Waals surface area contributed by atoms with E-state index in [1.54, 1.807) is 0 Å². The molecule has 0 atom stereocenters. The number of nitrogens with two attached hydrogens (primary N) is 1. The third-order valence-corrected chi connectivity index (χ3v) is 2.30. The fourth-order valence-electron chi connectivity index (χ4n) is 1.52. The van der Waals surface area contributed by atoms with Crippen LogP contribution in [0.4, 0.5) is 5.95 Å². The molecule has 3 N–H and O–H groups in total. The lowest BCUT2D eigenvalue weighted by atomic mass is 10.4. The molecule has 1 aromatic rings. The molecule has 6 nitrogen and oxygen atoms in total. The molecule has 0 unspecified atom stereocenters. The van der Waals surface area contributed by atoms with Gasteiger partial charge >= 0.3 is 0 Å². The van der Waals surface area contributed by atoms with E-state index >= 15 is 0 Å². The molecule has 1 aliphatic rings. The van der Waals surface area contributed by atoms with Gasteiger partial charge in [-0.15, -0.1) is 0 Å². The molecule has 82 valence electrons. The summed E-state index contributed by atoms with van der Waals surface area (Å²) >= 11 is 0. The Kier molecular flexibility index (Phi) is 2.98. The summed E-state index contributed by atoms with van der Waals surface area (Å²) in [5.74, 6) is 0.589. The molecule has 0 saturated carbocycles. The monoisotopic (exact) mass is 210 g/mol. The summed E-state index contributed by atoms with van der Waals surface area (Å²) in [5, 5.41) is 0. The molecule has 15 heavy (non-hydrogen) atoms. The molecule has 1 aromatic heterocycles. The van der Waals surface area contributed by atoms with Crippen LogP contribution in [0.3, 0.4) is 0 Å². The Morgan fingerprint density at radius 3 is 2.93 bits per heavy atom. The zero-order valence-electron chi connectivity index (χ0n) is 8.40. The van der Waals surface area contributed by atoms with Gasteiger partial charge in [-0.25, -0.2) is 4.98 Å². The maximum absolute atomic E-state index is 11.3. The van der Waals surface area contributed by atoms with Crippen LogP contribution in [0.1, 0.15) is 5.69 Å². The number of aromatic amines is 1. The second-order valence-electron chi connectivity index (χ2n) is 3.36. The van der Waals surface area contributed by atoms with Gasteiger partial charge in [-0.05, 0) is 0 Å². The lowest BCUT2D eigenvalue weighted by molar-refractivity contribution is 0.122. The van der Waals surface area contributed by atoms with Gasteiger partial charge in [0.1, 0.15) is 0 Å². The number of aromatic nitrogens is 2. The first-order valence-corrected chi connectivity index (χ1v) is 4.92. The Labute approximate surface area is 87.1 Å². The van der Waals surface area contributed by atoms with Crippen LogP contribution in [0.15, 0.2) is 10.9 Å². The Morgan fingerprint density at radius 1 is 1.53 bits per heavy atom. The molecular weight excluding hydrogens is 196 g/mol. The van der Waals surface area contributed by atoms with Crippen molar-refractivity contribution < 1.29 is 4.74 Å². The van der Waals surface area contributed by atoms with Crippen molar-refractivity contribution in [3.63, 3.8) is 0 Å². The normalized spacial score (nSPS) is 16.7. The summed E-state index contributed by atoms with van der Waals surface area (Å²) < 4.78 is 5.22. The molecule has 0 amide bonds. The van der Waals surface area contributed by atoms with Crippen molar-refractivity contribution in [2.45, 2.75) is 6.54 Å². The molecule has 0 radical (unpaired) electrons. The van der Waals surface area contributed by atoms with Crippen molar-refractivity contribution >= 4 is 5.95 Å². The minimum absolute atomic E-state index is 0.160. The number of morpholine rings is 1. The van der Waals surface area contributed by atoms with Crippen LogP contribution in [0, 0.1) is 0 Å². The summed E-state index contributed by atoms with van der Waals surface area (Å²) in [5.41, 5.74) is 5.91. The fourth-order valence-corrected chi connectivity index (χ4v) is 1.52. The molecule has 0 spiro atoms. The quantitative estimate of drug-likeness (QED) is 0.658. The number of anilines is 1. The number of H-pyrrole nitrogens is 1. The molecule has 1 fully saturated rings. The fraction of sp³-hybridized carbons (Fsp3) is 0.556. The van der Waals surface area contributed by atoms with Gasteiger partial charge in [-0.3, -0.25) is 9.78 Å². The van der Waals surface area contributed by atoms with Gasteiger partial charge in [-0.2, -0.15) is 0 Å². The number of rotatable bonds is 2. The average Bonchev–Trinajstić information content (AvgIpc) is 2.29. The highest BCUT2D eigenvalue weighted by atomic mass is 16.5. The van der Waals surface area contributed by atoms with E-state index in [2.05, 4.69) is 9.97 Å². The summed E-state index contributed by atoms with van der Waals surface area (Å²) in [7, 11) is 0. The molecule has 6 heteroatoms. The number of nitrogens with one attached hydrogen (secondary N) is 1. The van der Waals surface area contributed by atoms with Crippen LogP contribution in [0.2, 0.25) is 0 Å². The van der Waals surface area contributed by atoms with Crippen molar-refractivity contribution in [1.29, 1.82) is 0 Å². The Hall–Kier alpha value is -1.40. The second kappa shape index (κ2) is 4.41. The molecular formula is C9H14N4O2. The minimum Gasteiger partial charge on any atom is -0.378 e. The summed E-state index contributed by atoms with van der Waals surface area (Å²) in [6.45, 7) is 3.10. The molecule has 0 bridgehead atoms. The topological polar surface area (TPSA) is 84.2 Å². The number of hydrogen-bond acceptors (Lipinski definition) is 5. The first-order chi connectivity index (χ1) is 7.29. The van der Waals surface area contributed by atoms with Crippen LogP contribution in [0.25, 0.3) is 0 Å². The van der Waals surface area contributed by atoms with Gasteiger partial charge in [0, 0.05) is 25.7 Å². The standard InChI is InChI=1S/C9H14N4O2/c10-6-7-5-8(14)12-9(11-7)13-1-3-15-4-2-13/h5H,1-4,6,10H2,(H,11,12,14). The van der Waals surface area contributed by atoms with Crippen LogP contribution >= 0.6 is 0 Å². The van der Waals surface area contributed by atoms with E-state index in [4.69, 9.17) is 10.5 Å². The number of ether oxygens (including phenoxy) is 1. The smallest absolute Gasteiger partial charge is 0.252 e. The third-order valence-electron chi connectivity index (χ3n) is 2.30. The molecule has 0 aliphatic carbocycles. The summed E-state index contributed by atoms with van der Waals surface area (Å²) in [6.07, 6.45) is 0. The van der Waals surface area contributed by atoms with Gasteiger partial charge in [0.2, 0.25) is 5.95 Å². The first kappa shape index (κ1) is 10.1. The van der Waals surface area contributed by atoms with E-state index in [0.29, 0.717) is 24.9 Å². The van der Waals surface area contributed by atoms with E-state index in [9.17, 15) is 4.79 Å². The summed E-state index contributed by atoms with van der Waals surface area (Å²) in [6, 6.07) is 1.42. The van der Waals surface area contributed by atoms with Crippen molar-refractivity contribution in [2.75, 3.05) is 31.2 Å². The largest absolute Gasteiger partial charge is 0.378 e. The predicted octanol–water partition coefficient (Wildman–Crippen LogP) is -0.935. The minimum atomic E-state index is -0.160. The summed E-state index contributed by atoms with van der Waals surface area (Å²) in [4.78, 5) is 20.3. The van der Waals surface area contributed by atoms with E-state index in [1.165, 1.54) is 6.07 Å². The molecule has 1 aliphatic heterocycles. The van der Waals surface area contributed by atoms with E-state index in [0.717, 1.165) is 13.1 Å². The Morgan fingerprint density at radius 2 is 2.27 bits per heavy atom.